The van der Waals surface area contributed by atoms with Crippen molar-refractivity contribution in [2.45, 2.75) is 6.18 Å². The molecule has 6 N–H and O–H groups in total. The van der Waals surface area contributed by atoms with Crippen molar-refractivity contribution in [2.24, 2.45) is 26.9 Å². The second-order valence-corrected chi connectivity index (χ2v) is 6.05. The van der Waals surface area contributed by atoms with Crippen molar-refractivity contribution in [3.8, 4) is 0 Å². The fourth-order valence-electron chi connectivity index (χ4n) is 2.14. The van der Waals surface area contributed by atoms with Gasteiger partial charge in [0.1, 0.15) is 5.70 Å². The van der Waals surface area contributed by atoms with E-state index in [2.05, 4.69) is 20.6 Å². The van der Waals surface area contributed by atoms with Crippen molar-refractivity contribution in [3.05, 3.63) is 76.5 Å². The third kappa shape index (κ3) is 6.14. The quantitative estimate of drug-likeness (QED) is 0.189. The number of benzene rings is 2. The Morgan fingerprint density at radius 2 is 1.70 bits per heavy atom. The molecule has 2 aromatic carbocycles. The van der Waals surface area contributed by atoms with Crippen LogP contribution in [0.25, 0.3) is 0 Å². The van der Waals surface area contributed by atoms with Crippen molar-refractivity contribution in [1.82, 2.24) is 5.32 Å². The molecule has 0 aliphatic carbocycles. The smallest absolute Gasteiger partial charge is 0.395 e. The molecule has 12 heteroatoms. The largest absolute Gasteiger partial charge is 0.430 e. The number of alkyl halides is 3. The first-order valence-corrected chi connectivity index (χ1v) is 8.48. The molecule has 0 atom stereocenters. The Morgan fingerprint density at radius 1 is 1.10 bits per heavy atom. The first-order chi connectivity index (χ1) is 14.1. The van der Waals surface area contributed by atoms with Gasteiger partial charge in [-0.2, -0.15) is 13.2 Å². The summed E-state index contributed by atoms with van der Waals surface area (Å²) in [6, 6.07) is 11.7. The van der Waals surface area contributed by atoms with Crippen LogP contribution in [0, 0.1) is 5.41 Å². The number of nitrogens with one attached hydrogen (secondary N) is 2. The van der Waals surface area contributed by atoms with Gasteiger partial charge < -0.3 is 11.6 Å². The van der Waals surface area contributed by atoms with E-state index in [-0.39, 0.29) is 27.5 Å². The minimum absolute atomic E-state index is 0.112. The molecule has 0 unspecified atom stereocenters. The number of aliphatic imine (C=N–C) groups is 1. The van der Waals surface area contributed by atoms with Crippen molar-refractivity contribution in [1.29, 1.82) is 5.41 Å². The van der Waals surface area contributed by atoms with Gasteiger partial charge in [0.15, 0.2) is 0 Å². The van der Waals surface area contributed by atoms with Crippen molar-refractivity contribution < 1.29 is 18.0 Å². The van der Waals surface area contributed by atoms with Gasteiger partial charge in [0.25, 0.3) is 5.91 Å². The van der Waals surface area contributed by atoms with Crippen molar-refractivity contribution in [3.63, 3.8) is 0 Å². The third-order valence-electron chi connectivity index (χ3n) is 3.55. The standard InChI is InChI=1S/C18H15ClF3N7O/c19-12-3-1-2-4-13(12)26-14(9-15(23)18(20,21)22)10-5-7-11(8-6-10)16(30)27-17(24)28-29-25/h1-9H,23H2,(H4,24,25,27,28,30). The number of carbonyl (C=O) groups is 1. The van der Waals surface area contributed by atoms with Gasteiger partial charge >= 0.3 is 6.18 Å². The number of amides is 1. The van der Waals surface area contributed by atoms with E-state index in [0.717, 1.165) is 0 Å². The van der Waals surface area contributed by atoms with Gasteiger partial charge in [-0.05, 0) is 30.3 Å². The van der Waals surface area contributed by atoms with Gasteiger partial charge in [0.05, 0.1) is 16.4 Å². The molecule has 0 bridgehead atoms. The van der Waals surface area contributed by atoms with E-state index in [4.69, 9.17) is 28.6 Å². The van der Waals surface area contributed by atoms with E-state index in [1.165, 1.54) is 36.4 Å². The number of halogens is 4. The van der Waals surface area contributed by atoms with Gasteiger partial charge in [-0.25, -0.2) is 4.99 Å². The molecule has 0 saturated carbocycles. The molecular formula is C18H15ClF3N7O. The summed E-state index contributed by atoms with van der Waals surface area (Å²) in [5.74, 6) is 3.53. The molecule has 8 nitrogen and oxygen atoms in total. The lowest BCUT2D eigenvalue weighted by atomic mass is 10.1. The Hall–Kier alpha value is -3.73. The van der Waals surface area contributed by atoms with Crippen LogP contribution in [0.3, 0.4) is 0 Å². The fraction of sp³-hybridized carbons (Fsp3) is 0.0556. The van der Waals surface area contributed by atoms with Crippen LogP contribution in [-0.2, 0) is 0 Å². The van der Waals surface area contributed by atoms with E-state index < -0.39 is 23.7 Å². The van der Waals surface area contributed by atoms with Gasteiger partial charge in [0, 0.05) is 11.1 Å². The molecule has 0 radical (unpaired) electrons. The topological polar surface area (TPSA) is 142 Å². The van der Waals surface area contributed by atoms with Gasteiger partial charge in [-0.1, -0.05) is 46.2 Å². The number of carbonyl (C=O) groups excluding carboxylic acids is 1. The number of allylic oxidation sites excluding steroid dienone is 2. The molecular weight excluding hydrogens is 423 g/mol. The number of hydrogen-bond acceptors (Lipinski definition) is 5. The summed E-state index contributed by atoms with van der Waals surface area (Å²) < 4.78 is 38.8. The minimum Gasteiger partial charge on any atom is -0.395 e. The lowest BCUT2D eigenvalue weighted by Crippen LogP contribution is -2.28. The van der Waals surface area contributed by atoms with Crippen LogP contribution in [0.15, 0.2) is 75.6 Å². The summed E-state index contributed by atoms with van der Waals surface area (Å²) in [5.41, 5.74) is 4.28. The molecule has 0 spiro atoms. The molecule has 0 aliphatic rings. The molecule has 2 rings (SSSR count). The van der Waals surface area contributed by atoms with Crippen LogP contribution >= 0.6 is 11.6 Å². The second-order valence-electron chi connectivity index (χ2n) is 5.64. The predicted octanol–water partition coefficient (Wildman–Crippen LogP) is 3.86. The Labute approximate surface area is 173 Å². The minimum atomic E-state index is -4.75. The summed E-state index contributed by atoms with van der Waals surface area (Å²) in [6.07, 6.45) is -4.07. The van der Waals surface area contributed by atoms with Gasteiger partial charge in [-0.3, -0.25) is 15.5 Å². The molecule has 2 aromatic rings. The number of guanidine groups is 1. The van der Waals surface area contributed by atoms with Crippen molar-refractivity contribution >= 4 is 34.9 Å². The monoisotopic (exact) mass is 437 g/mol. The molecule has 0 heterocycles. The summed E-state index contributed by atoms with van der Waals surface area (Å²) in [5, 5.41) is 15.7. The average molecular weight is 438 g/mol. The molecule has 30 heavy (non-hydrogen) atoms. The Bertz CT molecular complexity index is 1030. The van der Waals surface area contributed by atoms with Crippen molar-refractivity contribution in [2.75, 3.05) is 0 Å². The van der Waals surface area contributed by atoms with Crippen LogP contribution < -0.4 is 16.9 Å². The van der Waals surface area contributed by atoms with Crippen LogP contribution in [-0.4, -0.2) is 23.8 Å². The lowest BCUT2D eigenvalue weighted by Gasteiger charge is -2.10. The van der Waals surface area contributed by atoms with E-state index >= 15 is 0 Å². The Morgan fingerprint density at radius 3 is 2.27 bits per heavy atom. The zero-order valence-corrected chi connectivity index (χ0v) is 15.9. The maximum atomic E-state index is 12.9. The molecule has 0 aromatic heterocycles. The van der Waals surface area contributed by atoms with Gasteiger partial charge in [0.2, 0.25) is 5.96 Å². The summed E-state index contributed by atoms with van der Waals surface area (Å²) in [6.45, 7) is 0. The average Bonchev–Trinajstić information content (AvgIpc) is 2.68. The fourth-order valence-corrected chi connectivity index (χ4v) is 2.31. The zero-order valence-electron chi connectivity index (χ0n) is 15.1. The zero-order chi connectivity index (χ0) is 22.3. The maximum absolute atomic E-state index is 12.9. The highest BCUT2D eigenvalue weighted by Crippen LogP contribution is 2.27. The summed E-state index contributed by atoms with van der Waals surface area (Å²) in [4.78, 5) is 16.2. The van der Waals surface area contributed by atoms with E-state index in [1.54, 1.807) is 12.1 Å². The molecule has 156 valence electrons. The van der Waals surface area contributed by atoms with E-state index in [1.807, 2.05) is 0 Å². The maximum Gasteiger partial charge on any atom is 0.430 e. The summed E-state index contributed by atoms with van der Waals surface area (Å²) >= 11 is 6.04. The third-order valence-corrected chi connectivity index (χ3v) is 3.87. The number of hydrogen-bond donors (Lipinski definition) is 4. The number of rotatable bonds is 4. The Balaban J connectivity index is 2.43. The highest BCUT2D eigenvalue weighted by Gasteiger charge is 2.31. The SMILES string of the molecule is N=C(N=NN)NC(=O)c1ccc(C(C=C(N)C(F)(F)F)=Nc2ccccc2Cl)cc1. The molecule has 1 amide bonds. The van der Waals surface area contributed by atoms with Crippen LogP contribution in [0.4, 0.5) is 18.9 Å². The summed E-state index contributed by atoms with van der Waals surface area (Å²) in [7, 11) is 0. The first-order valence-electron chi connectivity index (χ1n) is 8.10. The van der Waals surface area contributed by atoms with E-state index in [9.17, 15) is 18.0 Å². The highest BCUT2D eigenvalue weighted by molar-refractivity contribution is 6.33. The Kier molecular flexibility index (Phi) is 7.26. The number of nitrogens with two attached hydrogens (primary N) is 2. The van der Waals surface area contributed by atoms with E-state index in [0.29, 0.717) is 6.08 Å². The normalized spacial score (nSPS) is 12.8. The van der Waals surface area contributed by atoms with Crippen LogP contribution in [0.1, 0.15) is 15.9 Å². The van der Waals surface area contributed by atoms with Crippen LogP contribution in [0.5, 0.6) is 0 Å². The second kappa shape index (κ2) is 9.65. The highest BCUT2D eigenvalue weighted by atomic mass is 35.5. The van der Waals surface area contributed by atoms with Crippen LogP contribution in [0.2, 0.25) is 5.02 Å². The molecule has 0 fully saturated rings. The lowest BCUT2D eigenvalue weighted by molar-refractivity contribution is -0.0925. The predicted molar refractivity (Wildman–Crippen MR) is 107 cm³/mol. The number of para-hydroxylation sites is 1. The molecule has 0 saturated heterocycles. The molecule has 0 aliphatic heterocycles. The first kappa shape index (κ1) is 22.6. The van der Waals surface area contributed by atoms with Gasteiger partial charge in [-0.15, -0.1) is 0 Å². The number of nitrogens with zero attached hydrogens (tertiary/aromatic N) is 3.